The van der Waals surface area contributed by atoms with E-state index in [9.17, 15) is 19.5 Å². The number of amides is 1. The van der Waals surface area contributed by atoms with Crippen LogP contribution in [-0.2, 0) is 19.1 Å². The Morgan fingerprint density at radius 2 is 1.46 bits per heavy atom. The summed E-state index contributed by atoms with van der Waals surface area (Å²) in [5.41, 5.74) is -1.18. The van der Waals surface area contributed by atoms with Gasteiger partial charge in [-0.2, -0.15) is 0 Å². The van der Waals surface area contributed by atoms with Crippen molar-refractivity contribution in [2.45, 2.75) is 90.9 Å². The Hall–Kier alpha value is -1.79. The summed E-state index contributed by atoms with van der Waals surface area (Å²) in [5, 5.41) is 11.9. The molecule has 26 heavy (non-hydrogen) atoms. The Morgan fingerprint density at radius 1 is 0.962 bits per heavy atom. The van der Waals surface area contributed by atoms with E-state index in [2.05, 4.69) is 5.32 Å². The molecule has 1 unspecified atom stereocenters. The van der Waals surface area contributed by atoms with Crippen molar-refractivity contribution in [1.82, 2.24) is 5.32 Å². The third kappa shape index (κ3) is 8.54. The van der Waals surface area contributed by atoms with Gasteiger partial charge in [-0.15, -0.1) is 0 Å². The van der Waals surface area contributed by atoms with Crippen LogP contribution in [0.3, 0.4) is 0 Å². The number of aliphatic carboxylic acids is 1. The number of carboxylic acids is 1. The quantitative estimate of drug-likeness (QED) is 0.717. The van der Waals surface area contributed by atoms with Crippen molar-refractivity contribution in [3.8, 4) is 0 Å². The molecule has 1 saturated carbocycles. The van der Waals surface area contributed by atoms with E-state index in [1.165, 1.54) is 0 Å². The molecule has 0 aromatic heterocycles. The van der Waals surface area contributed by atoms with Gasteiger partial charge in [-0.1, -0.05) is 0 Å². The van der Waals surface area contributed by atoms with Gasteiger partial charge >= 0.3 is 18.0 Å². The Labute approximate surface area is 155 Å². The highest BCUT2D eigenvalue weighted by molar-refractivity contribution is 5.80. The first-order valence-electron chi connectivity index (χ1n) is 9.21. The Balaban J connectivity index is 2.53. The van der Waals surface area contributed by atoms with Gasteiger partial charge in [0.1, 0.15) is 17.2 Å². The zero-order valence-corrected chi connectivity index (χ0v) is 16.8. The smallest absolute Gasteiger partial charge is 0.408 e. The lowest BCUT2D eigenvalue weighted by Gasteiger charge is -2.32. The summed E-state index contributed by atoms with van der Waals surface area (Å²) in [7, 11) is 0. The summed E-state index contributed by atoms with van der Waals surface area (Å²) in [6, 6.07) is -0.979. The van der Waals surface area contributed by atoms with Crippen molar-refractivity contribution in [2.75, 3.05) is 0 Å². The van der Waals surface area contributed by atoms with Crippen LogP contribution in [0.25, 0.3) is 0 Å². The molecule has 0 saturated heterocycles. The summed E-state index contributed by atoms with van der Waals surface area (Å²) in [5.74, 6) is -1.26. The zero-order valence-electron chi connectivity index (χ0n) is 16.8. The van der Waals surface area contributed by atoms with Crippen LogP contribution in [-0.4, -0.2) is 40.4 Å². The second-order valence-electron chi connectivity index (χ2n) is 9.03. The standard InChI is InChI=1S/C19H33NO6/c1-18(2,3)25-14(21)11-12-7-9-13(10-8-12)15(16(22)23)20-17(24)26-19(4,5)6/h12-13,15H,7-11H2,1-6H3,(H,20,24)(H,22,23). The molecule has 0 heterocycles. The minimum absolute atomic E-state index is 0.171. The third-order valence-corrected chi connectivity index (χ3v) is 4.18. The molecular formula is C19H33NO6. The fourth-order valence-electron chi connectivity index (χ4n) is 3.16. The number of hydrogen-bond donors (Lipinski definition) is 2. The van der Waals surface area contributed by atoms with Crippen LogP contribution < -0.4 is 5.32 Å². The molecule has 1 rings (SSSR count). The average Bonchev–Trinajstić information content (AvgIpc) is 2.41. The highest BCUT2D eigenvalue weighted by Gasteiger charge is 2.35. The lowest BCUT2D eigenvalue weighted by atomic mass is 9.77. The fourth-order valence-corrected chi connectivity index (χ4v) is 3.16. The van der Waals surface area contributed by atoms with Gasteiger partial charge < -0.3 is 19.9 Å². The summed E-state index contributed by atoms with van der Waals surface area (Å²) in [6.07, 6.45) is 2.38. The largest absolute Gasteiger partial charge is 0.480 e. The molecule has 0 radical (unpaired) electrons. The number of carbonyl (C=O) groups excluding carboxylic acids is 2. The Morgan fingerprint density at radius 3 is 1.88 bits per heavy atom. The van der Waals surface area contributed by atoms with Crippen LogP contribution in [0.1, 0.15) is 73.6 Å². The number of alkyl carbamates (subject to hydrolysis) is 1. The Kier molecular flexibility index (Phi) is 7.47. The average molecular weight is 371 g/mol. The number of ether oxygens (including phenoxy) is 2. The number of rotatable bonds is 5. The van der Waals surface area contributed by atoms with E-state index in [0.29, 0.717) is 19.3 Å². The zero-order chi connectivity index (χ0) is 20.1. The molecule has 0 bridgehead atoms. The van der Waals surface area contributed by atoms with Crippen molar-refractivity contribution < 1.29 is 29.0 Å². The number of nitrogens with one attached hydrogen (secondary N) is 1. The predicted molar refractivity (Wildman–Crippen MR) is 96.7 cm³/mol. The molecule has 1 atom stereocenters. The molecule has 150 valence electrons. The molecule has 0 aromatic carbocycles. The van der Waals surface area contributed by atoms with Crippen molar-refractivity contribution in [1.29, 1.82) is 0 Å². The monoisotopic (exact) mass is 371 g/mol. The van der Waals surface area contributed by atoms with Gasteiger partial charge in [0.15, 0.2) is 0 Å². The molecule has 1 amide bonds. The molecule has 1 fully saturated rings. The van der Waals surface area contributed by atoms with Gasteiger partial charge in [0.2, 0.25) is 0 Å². The summed E-state index contributed by atoms with van der Waals surface area (Å²) in [6.45, 7) is 10.7. The van der Waals surface area contributed by atoms with Crippen molar-refractivity contribution in [3.63, 3.8) is 0 Å². The highest BCUT2D eigenvalue weighted by atomic mass is 16.6. The Bertz CT molecular complexity index is 509. The van der Waals surface area contributed by atoms with Crippen LogP contribution in [0, 0.1) is 11.8 Å². The number of carbonyl (C=O) groups is 3. The number of esters is 1. The maximum Gasteiger partial charge on any atom is 0.408 e. The van der Waals surface area contributed by atoms with Crippen LogP contribution in [0.2, 0.25) is 0 Å². The van der Waals surface area contributed by atoms with E-state index < -0.39 is 29.3 Å². The molecule has 2 N–H and O–H groups in total. The van der Waals surface area contributed by atoms with E-state index in [1.807, 2.05) is 20.8 Å². The van der Waals surface area contributed by atoms with Crippen LogP contribution >= 0.6 is 0 Å². The van der Waals surface area contributed by atoms with Crippen molar-refractivity contribution in [3.05, 3.63) is 0 Å². The SMILES string of the molecule is CC(C)(C)OC(=O)CC1CCC(C(NC(=O)OC(C)(C)C)C(=O)O)CC1. The molecular weight excluding hydrogens is 338 g/mol. The van der Waals surface area contributed by atoms with E-state index in [1.54, 1.807) is 20.8 Å². The summed E-state index contributed by atoms with van der Waals surface area (Å²) >= 11 is 0. The van der Waals surface area contributed by atoms with Gasteiger partial charge in [0, 0.05) is 6.42 Å². The third-order valence-electron chi connectivity index (χ3n) is 4.18. The molecule has 7 nitrogen and oxygen atoms in total. The normalized spacial score (nSPS) is 22.2. The second kappa shape index (κ2) is 8.73. The van der Waals surface area contributed by atoms with Crippen molar-refractivity contribution >= 4 is 18.0 Å². The predicted octanol–water partition coefficient (Wildman–Crippen LogP) is 3.50. The fraction of sp³-hybridized carbons (Fsp3) is 0.842. The minimum Gasteiger partial charge on any atom is -0.480 e. The maximum atomic E-state index is 11.9. The molecule has 1 aliphatic carbocycles. The van der Waals surface area contributed by atoms with E-state index in [0.717, 1.165) is 12.8 Å². The molecule has 1 aliphatic rings. The van der Waals surface area contributed by atoms with Gasteiger partial charge in [0.25, 0.3) is 0 Å². The van der Waals surface area contributed by atoms with E-state index in [-0.39, 0.29) is 17.8 Å². The topological polar surface area (TPSA) is 102 Å². The van der Waals surface area contributed by atoms with E-state index in [4.69, 9.17) is 9.47 Å². The summed E-state index contributed by atoms with van der Waals surface area (Å²) < 4.78 is 10.5. The summed E-state index contributed by atoms with van der Waals surface area (Å²) in [4.78, 5) is 35.4. The minimum atomic E-state index is -1.06. The van der Waals surface area contributed by atoms with Gasteiger partial charge in [0.05, 0.1) is 0 Å². The number of hydrogen-bond acceptors (Lipinski definition) is 5. The van der Waals surface area contributed by atoms with E-state index >= 15 is 0 Å². The first kappa shape index (κ1) is 22.3. The molecule has 0 aromatic rings. The van der Waals surface area contributed by atoms with Crippen LogP contribution in [0.15, 0.2) is 0 Å². The van der Waals surface area contributed by atoms with Gasteiger partial charge in [-0.3, -0.25) is 4.79 Å². The second-order valence-corrected chi connectivity index (χ2v) is 9.03. The molecule has 0 spiro atoms. The van der Waals surface area contributed by atoms with Crippen LogP contribution in [0.4, 0.5) is 4.79 Å². The van der Waals surface area contributed by atoms with Crippen LogP contribution in [0.5, 0.6) is 0 Å². The maximum absolute atomic E-state index is 11.9. The van der Waals surface area contributed by atoms with Gasteiger partial charge in [-0.25, -0.2) is 9.59 Å². The van der Waals surface area contributed by atoms with Crippen molar-refractivity contribution in [2.24, 2.45) is 11.8 Å². The molecule has 7 heteroatoms. The lowest BCUT2D eigenvalue weighted by Crippen LogP contribution is -2.48. The first-order valence-corrected chi connectivity index (χ1v) is 9.21. The lowest BCUT2D eigenvalue weighted by molar-refractivity contribution is -0.156. The molecule has 0 aliphatic heterocycles. The highest BCUT2D eigenvalue weighted by Crippen LogP contribution is 2.33. The van der Waals surface area contributed by atoms with Gasteiger partial charge in [-0.05, 0) is 79.1 Å². The number of carboxylic acid groups (broad SMARTS) is 1. The first-order chi connectivity index (χ1) is 11.8.